The van der Waals surface area contributed by atoms with E-state index in [1.165, 1.54) is 125 Å². The molecule has 2 nitrogen and oxygen atoms in total. The molecule has 5 heteroatoms. The first-order valence-electron chi connectivity index (χ1n) is 24.6. The third kappa shape index (κ3) is 7.26. The molecule has 0 N–H and O–H groups in total. The lowest BCUT2D eigenvalue weighted by molar-refractivity contribution is 0.589. The van der Waals surface area contributed by atoms with Gasteiger partial charge < -0.3 is 9.80 Å². The van der Waals surface area contributed by atoms with Gasteiger partial charge in [0.15, 0.2) is 0 Å². The van der Waals surface area contributed by atoms with Crippen LogP contribution in [0, 0.1) is 13.8 Å². The number of nitrogens with zero attached hydrogens (tertiary/aromatic N) is 2. The van der Waals surface area contributed by atoms with Crippen molar-refractivity contribution in [3.63, 3.8) is 0 Å². The van der Waals surface area contributed by atoms with Gasteiger partial charge in [0, 0.05) is 47.1 Å². The average Bonchev–Trinajstić information content (AvgIpc) is 3.90. The molecule has 0 saturated carbocycles. The summed E-state index contributed by atoms with van der Waals surface area (Å²) in [5, 5.41) is 2.63. The maximum absolute atomic E-state index is 2.72. The van der Waals surface area contributed by atoms with E-state index < -0.39 is 0 Å². The number of hydrogen-bond acceptors (Lipinski definition) is 4. The van der Waals surface area contributed by atoms with Crippen LogP contribution in [0.2, 0.25) is 0 Å². The fourth-order valence-electron chi connectivity index (χ4n) is 10.9. The molecule has 2 aliphatic rings. The maximum Gasteiger partial charge on any atom is 0.264 e. The Morgan fingerprint density at radius 3 is 1.78 bits per heavy atom. The summed E-state index contributed by atoms with van der Waals surface area (Å²) in [4.78, 5) is 6.67. The third-order valence-electron chi connectivity index (χ3n) is 14.7. The minimum atomic E-state index is -0.0266. The van der Waals surface area contributed by atoms with E-state index in [4.69, 9.17) is 0 Å². The van der Waals surface area contributed by atoms with Gasteiger partial charge in [-0.1, -0.05) is 161 Å². The van der Waals surface area contributed by atoms with E-state index in [-0.39, 0.29) is 23.0 Å². The maximum atomic E-state index is 2.72. The number of thiophene rings is 2. The quantitative estimate of drug-likeness (QED) is 0.159. The second-order valence-corrected chi connectivity index (χ2v) is 25.2. The van der Waals surface area contributed by atoms with Gasteiger partial charge in [-0.05, 0) is 151 Å². The molecule has 4 heterocycles. The highest BCUT2D eigenvalue weighted by atomic mass is 32.1. The number of rotatable bonds is 5. The van der Waals surface area contributed by atoms with Crippen LogP contribution < -0.4 is 25.5 Å². The Morgan fingerprint density at radius 1 is 0.485 bits per heavy atom. The van der Waals surface area contributed by atoms with Gasteiger partial charge in [0.25, 0.3) is 6.71 Å². The molecule has 0 bridgehead atoms. The molecule has 0 radical (unpaired) electrons. The summed E-state index contributed by atoms with van der Waals surface area (Å²) in [6.45, 7) is 30.5. The molecular formula is C63H63BN2S2. The summed E-state index contributed by atoms with van der Waals surface area (Å²) in [7, 11) is 0. The van der Waals surface area contributed by atoms with Crippen molar-refractivity contribution < 1.29 is 0 Å². The topological polar surface area (TPSA) is 6.48 Å². The van der Waals surface area contributed by atoms with E-state index in [0.717, 1.165) is 0 Å². The fourth-order valence-corrected chi connectivity index (χ4v) is 13.2. The van der Waals surface area contributed by atoms with Gasteiger partial charge in [-0.25, -0.2) is 0 Å². The standard InChI is InChI=1S/C63H63BN2S2/c1-37(2)43-32-52-57-53(33-43)66(58-38(3)29-46(30-39(58)4)63(11,12)13)59-48-36-45(62(8,9)10)25-28-55(48)68-60(59)64(57)49-26-23-42(56-34-41-21-17-18-22-54(41)67-56)31-51(49)65(52)50-27-24-44(61(5,6)7)35-47(50)40-19-15-14-16-20-40/h14-37H,1-13H3. The van der Waals surface area contributed by atoms with Crippen LogP contribution in [0.1, 0.15) is 115 Å². The predicted octanol–water partition coefficient (Wildman–Crippen LogP) is 17.2. The van der Waals surface area contributed by atoms with Crippen molar-refractivity contribution in [1.82, 2.24) is 0 Å². The Bertz CT molecular complexity index is 3420. The molecule has 0 unspecified atom stereocenters. The largest absolute Gasteiger partial charge is 0.311 e. The van der Waals surface area contributed by atoms with Crippen LogP contribution in [-0.2, 0) is 16.2 Å². The van der Waals surface area contributed by atoms with Crippen LogP contribution in [0.4, 0.5) is 34.1 Å². The lowest BCUT2D eigenvalue weighted by atomic mass is 9.36. The number of benzene rings is 7. The summed E-state index contributed by atoms with van der Waals surface area (Å²) in [6.07, 6.45) is 0. The average molecular weight is 923 g/mol. The molecule has 9 aromatic rings. The van der Waals surface area contributed by atoms with Crippen molar-refractivity contribution in [1.29, 1.82) is 0 Å². The molecule has 0 atom stereocenters. The Kier molecular flexibility index (Phi) is 10.4. The first-order valence-corrected chi connectivity index (χ1v) is 26.2. The van der Waals surface area contributed by atoms with Crippen LogP contribution in [0.15, 0.2) is 140 Å². The lowest BCUT2D eigenvalue weighted by Gasteiger charge is -2.45. The zero-order valence-electron chi connectivity index (χ0n) is 42.1. The molecule has 2 aliphatic heterocycles. The molecule has 7 aromatic carbocycles. The van der Waals surface area contributed by atoms with Crippen molar-refractivity contribution in [2.75, 3.05) is 9.80 Å². The van der Waals surface area contributed by atoms with Crippen LogP contribution >= 0.6 is 22.7 Å². The first-order chi connectivity index (χ1) is 32.3. The minimum Gasteiger partial charge on any atom is -0.311 e. The fraction of sp³-hybridized carbons (Fsp3) is 0.270. The van der Waals surface area contributed by atoms with Crippen molar-refractivity contribution in [2.45, 2.75) is 112 Å². The summed E-state index contributed by atoms with van der Waals surface area (Å²) in [6, 6.07) is 54.3. The number of hydrogen-bond donors (Lipinski definition) is 0. The lowest BCUT2D eigenvalue weighted by Crippen LogP contribution is -2.60. The van der Waals surface area contributed by atoms with Gasteiger partial charge in [0.05, 0.1) is 17.1 Å². The van der Waals surface area contributed by atoms with E-state index >= 15 is 0 Å². The van der Waals surface area contributed by atoms with Crippen molar-refractivity contribution >= 4 is 99.4 Å². The summed E-state index contributed by atoms with van der Waals surface area (Å²) in [5.74, 6) is 0.292. The monoisotopic (exact) mass is 922 g/mol. The Balaban J connectivity index is 1.29. The molecule has 340 valence electrons. The van der Waals surface area contributed by atoms with Gasteiger partial charge in [0.1, 0.15) is 0 Å². The van der Waals surface area contributed by atoms with E-state index in [2.05, 4.69) is 239 Å². The van der Waals surface area contributed by atoms with Crippen LogP contribution in [-0.4, -0.2) is 6.71 Å². The number of anilines is 6. The highest BCUT2D eigenvalue weighted by Gasteiger charge is 2.46. The van der Waals surface area contributed by atoms with Crippen molar-refractivity contribution in [3.8, 4) is 21.6 Å². The van der Waals surface area contributed by atoms with E-state index in [9.17, 15) is 0 Å². The second kappa shape index (κ2) is 15.8. The predicted molar refractivity (Wildman–Crippen MR) is 302 cm³/mol. The van der Waals surface area contributed by atoms with Crippen molar-refractivity contribution in [3.05, 3.63) is 173 Å². The van der Waals surface area contributed by atoms with Gasteiger partial charge in [-0.15, -0.1) is 22.7 Å². The van der Waals surface area contributed by atoms with Gasteiger partial charge >= 0.3 is 0 Å². The molecule has 0 spiro atoms. The minimum absolute atomic E-state index is 0.00147. The van der Waals surface area contributed by atoms with Gasteiger partial charge in [-0.3, -0.25) is 0 Å². The first kappa shape index (κ1) is 44.6. The molecule has 11 rings (SSSR count). The highest BCUT2D eigenvalue weighted by molar-refractivity contribution is 7.33. The summed E-state index contributed by atoms with van der Waals surface area (Å²) >= 11 is 3.89. The molecule has 0 saturated heterocycles. The summed E-state index contributed by atoms with van der Waals surface area (Å²) < 4.78 is 4.07. The van der Waals surface area contributed by atoms with Crippen LogP contribution in [0.3, 0.4) is 0 Å². The third-order valence-corrected chi connectivity index (χ3v) is 17.1. The molecule has 0 fully saturated rings. The number of aryl methyl sites for hydroxylation is 2. The van der Waals surface area contributed by atoms with Crippen LogP contribution in [0.25, 0.3) is 41.7 Å². The normalized spacial score (nSPS) is 13.7. The number of fused-ring (bicyclic) bond motifs is 7. The van der Waals surface area contributed by atoms with Crippen LogP contribution in [0.5, 0.6) is 0 Å². The molecule has 2 aromatic heterocycles. The molecule has 68 heavy (non-hydrogen) atoms. The van der Waals surface area contributed by atoms with E-state index in [1.807, 2.05) is 22.7 Å². The van der Waals surface area contributed by atoms with Gasteiger partial charge in [0.2, 0.25) is 0 Å². The SMILES string of the molecule is Cc1cc(C(C)(C)C)cc(C)c1N1c2cc(C(C)C)cc3c2B(c2ccc(-c4cc5ccccc5s4)cc2N3c2ccc(C(C)(C)C)cc2-c2ccccc2)c2sc3ccc(C(C)(C)C)cc3c21. The Labute approximate surface area is 413 Å². The van der Waals surface area contributed by atoms with Crippen molar-refractivity contribution in [2.24, 2.45) is 0 Å². The molecular weight excluding hydrogens is 860 g/mol. The Hall–Kier alpha value is -5.88. The zero-order chi connectivity index (χ0) is 47.8. The molecule has 0 aliphatic carbocycles. The highest BCUT2D eigenvalue weighted by Crippen LogP contribution is 2.53. The Morgan fingerprint density at radius 2 is 1.12 bits per heavy atom. The van der Waals surface area contributed by atoms with Gasteiger partial charge in [-0.2, -0.15) is 0 Å². The smallest absolute Gasteiger partial charge is 0.264 e. The second-order valence-electron chi connectivity index (χ2n) is 23.0. The zero-order valence-corrected chi connectivity index (χ0v) is 43.8. The van der Waals surface area contributed by atoms with E-state index in [0.29, 0.717) is 5.92 Å². The summed E-state index contributed by atoms with van der Waals surface area (Å²) in [5.41, 5.74) is 22.1. The van der Waals surface area contributed by atoms with E-state index in [1.54, 1.807) is 0 Å². The molecule has 0 amide bonds.